The zero-order valence-corrected chi connectivity index (χ0v) is 13.9. The second-order valence-corrected chi connectivity index (χ2v) is 6.37. The van der Waals surface area contributed by atoms with Gasteiger partial charge in [0.15, 0.2) is 6.29 Å². The molecule has 0 saturated heterocycles. The summed E-state index contributed by atoms with van der Waals surface area (Å²) in [6.07, 6.45) is -0.527. The normalized spacial score (nSPS) is 19.7. The molecule has 1 amide bonds. The predicted octanol–water partition coefficient (Wildman–Crippen LogP) is 4.18. The molecule has 3 rings (SSSR count). The lowest BCUT2D eigenvalue weighted by Gasteiger charge is -2.30. The molecule has 0 spiro atoms. The van der Waals surface area contributed by atoms with Gasteiger partial charge in [-0.2, -0.15) is 0 Å². The van der Waals surface area contributed by atoms with E-state index in [1.54, 1.807) is 18.2 Å². The zero-order chi connectivity index (χ0) is 16.6. The van der Waals surface area contributed by atoms with Crippen LogP contribution < -0.4 is 10.1 Å². The summed E-state index contributed by atoms with van der Waals surface area (Å²) in [6, 6.07) is 10.7. The van der Waals surface area contributed by atoms with Gasteiger partial charge in [-0.05, 0) is 29.8 Å². The van der Waals surface area contributed by atoms with Gasteiger partial charge in [-0.15, -0.1) is 0 Å². The number of nitrogens with one attached hydrogen (secondary N) is 1. The van der Waals surface area contributed by atoms with E-state index in [-0.39, 0.29) is 11.8 Å². The van der Waals surface area contributed by atoms with Crippen LogP contribution in [-0.2, 0) is 4.79 Å². The topological polar surface area (TPSA) is 58.6 Å². The molecule has 0 aromatic heterocycles. The summed E-state index contributed by atoms with van der Waals surface area (Å²) in [6.45, 7) is 1.44. The van der Waals surface area contributed by atoms with Crippen molar-refractivity contribution in [1.82, 2.24) is 0 Å². The Morgan fingerprint density at radius 3 is 2.57 bits per heavy atom. The third-order valence-corrected chi connectivity index (χ3v) is 4.13. The van der Waals surface area contributed by atoms with Crippen molar-refractivity contribution in [2.24, 2.45) is 0 Å². The van der Waals surface area contributed by atoms with Crippen LogP contribution in [-0.4, -0.2) is 17.3 Å². The van der Waals surface area contributed by atoms with Gasteiger partial charge in [-0.25, -0.2) is 0 Å². The fourth-order valence-electron chi connectivity index (χ4n) is 2.82. The Bertz CT molecular complexity index is 743. The lowest BCUT2D eigenvalue weighted by molar-refractivity contribution is -0.114. The van der Waals surface area contributed by atoms with Gasteiger partial charge in [0.25, 0.3) is 0 Å². The van der Waals surface area contributed by atoms with Gasteiger partial charge in [0.1, 0.15) is 5.75 Å². The molecule has 2 unspecified atom stereocenters. The van der Waals surface area contributed by atoms with Gasteiger partial charge >= 0.3 is 0 Å². The molecule has 23 heavy (non-hydrogen) atoms. The first-order valence-electron chi connectivity index (χ1n) is 7.14. The van der Waals surface area contributed by atoms with E-state index >= 15 is 0 Å². The van der Waals surface area contributed by atoms with Crippen molar-refractivity contribution in [3.8, 4) is 5.75 Å². The van der Waals surface area contributed by atoms with E-state index in [1.807, 2.05) is 18.2 Å². The lowest BCUT2D eigenvalue weighted by atomic mass is 9.86. The average Bonchev–Trinajstić information content (AvgIpc) is 2.44. The van der Waals surface area contributed by atoms with E-state index in [4.69, 9.17) is 27.9 Å². The highest BCUT2D eigenvalue weighted by Gasteiger charge is 2.29. The number of carbonyl (C=O) groups excluding carboxylic acids is 1. The largest absolute Gasteiger partial charge is 0.465 e. The quantitative estimate of drug-likeness (QED) is 0.852. The molecule has 2 N–H and O–H groups in total. The Morgan fingerprint density at radius 2 is 1.91 bits per heavy atom. The maximum atomic E-state index is 11.2. The Hall–Kier alpha value is -1.75. The Balaban J connectivity index is 2.03. The van der Waals surface area contributed by atoms with Gasteiger partial charge < -0.3 is 15.2 Å². The van der Waals surface area contributed by atoms with Crippen molar-refractivity contribution >= 4 is 34.8 Å². The number of aliphatic hydroxyl groups is 1. The molecule has 0 radical (unpaired) electrons. The minimum atomic E-state index is -0.933. The van der Waals surface area contributed by atoms with E-state index in [0.29, 0.717) is 27.9 Å². The van der Waals surface area contributed by atoms with Crippen LogP contribution in [0.5, 0.6) is 5.75 Å². The number of ether oxygens (including phenoxy) is 1. The minimum Gasteiger partial charge on any atom is -0.465 e. The SMILES string of the molecule is CC(=O)Nc1ccc2c(c1)OC(O)CC2c1cc(Cl)cc(Cl)c1. The van der Waals surface area contributed by atoms with Crippen LogP contribution in [0.15, 0.2) is 36.4 Å². The van der Waals surface area contributed by atoms with Crippen molar-refractivity contribution in [2.45, 2.75) is 25.6 Å². The predicted molar refractivity (Wildman–Crippen MR) is 90.3 cm³/mol. The van der Waals surface area contributed by atoms with Crippen LogP contribution in [0.3, 0.4) is 0 Å². The molecule has 4 nitrogen and oxygen atoms in total. The molecular weight excluding hydrogens is 337 g/mol. The van der Waals surface area contributed by atoms with Crippen LogP contribution >= 0.6 is 23.2 Å². The molecule has 1 heterocycles. The molecule has 0 bridgehead atoms. The van der Waals surface area contributed by atoms with Crippen LogP contribution in [0.1, 0.15) is 30.4 Å². The van der Waals surface area contributed by atoms with E-state index in [9.17, 15) is 9.90 Å². The molecule has 6 heteroatoms. The number of hydrogen-bond acceptors (Lipinski definition) is 3. The summed E-state index contributed by atoms with van der Waals surface area (Å²) in [5, 5.41) is 13.8. The summed E-state index contributed by atoms with van der Waals surface area (Å²) in [7, 11) is 0. The first-order valence-corrected chi connectivity index (χ1v) is 7.90. The summed E-state index contributed by atoms with van der Waals surface area (Å²) >= 11 is 12.2. The number of fused-ring (bicyclic) bond motifs is 1. The highest BCUT2D eigenvalue weighted by Crippen LogP contribution is 2.42. The van der Waals surface area contributed by atoms with Gasteiger partial charge in [0, 0.05) is 46.6 Å². The molecule has 120 valence electrons. The van der Waals surface area contributed by atoms with Gasteiger partial charge in [-0.1, -0.05) is 29.3 Å². The third-order valence-electron chi connectivity index (χ3n) is 3.70. The Morgan fingerprint density at radius 1 is 1.22 bits per heavy atom. The highest BCUT2D eigenvalue weighted by molar-refractivity contribution is 6.34. The first-order chi connectivity index (χ1) is 10.9. The number of carbonyl (C=O) groups is 1. The van der Waals surface area contributed by atoms with Crippen molar-refractivity contribution in [3.63, 3.8) is 0 Å². The molecule has 0 fully saturated rings. The minimum absolute atomic E-state index is 0.0867. The van der Waals surface area contributed by atoms with E-state index < -0.39 is 6.29 Å². The number of benzene rings is 2. The number of hydrogen-bond donors (Lipinski definition) is 2. The highest BCUT2D eigenvalue weighted by atomic mass is 35.5. The summed E-state index contributed by atoms with van der Waals surface area (Å²) in [5.74, 6) is 0.284. The molecule has 1 aliphatic rings. The lowest BCUT2D eigenvalue weighted by Crippen LogP contribution is -2.26. The number of aliphatic hydroxyl groups excluding tert-OH is 1. The van der Waals surface area contributed by atoms with Crippen molar-refractivity contribution in [2.75, 3.05) is 5.32 Å². The molecule has 2 aromatic carbocycles. The van der Waals surface area contributed by atoms with Crippen LogP contribution in [0.2, 0.25) is 10.0 Å². The van der Waals surface area contributed by atoms with Gasteiger partial charge in [0.05, 0.1) is 0 Å². The van der Waals surface area contributed by atoms with Gasteiger partial charge in [0.2, 0.25) is 5.91 Å². The smallest absolute Gasteiger partial charge is 0.221 e. The zero-order valence-electron chi connectivity index (χ0n) is 12.3. The second kappa shape index (κ2) is 6.40. The molecule has 2 atom stereocenters. The molecule has 2 aromatic rings. The van der Waals surface area contributed by atoms with Crippen LogP contribution in [0, 0.1) is 0 Å². The molecule has 0 saturated carbocycles. The fourth-order valence-corrected chi connectivity index (χ4v) is 3.36. The molecular formula is C17H15Cl2NO3. The number of anilines is 1. The van der Waals surface area contributed by atoms with Crippen molar-refractivity contribution < 1.29 is 14.6 Å². The number of amides is 1. The summed E-state index contributed by atoms with van der Waals surface area (Å²) in [4.78, 5) is 11.2. The van der Waals surface area contributed by atoms with E-state index in [1.165, 1.54) is 6.92 Å². The summed E-state index contributed by atoms with van der Waals surface area (Å²) < 4.78 is 5.50. The van der Waals surface area contributed by atoms with E-state index in [0.717, 1.165) is 11.1 Å². The maximum Gasteiger partial charge on any atom is 0.221 e. The number of halogens is 2. The monoisotopic (exact) mass is 351 g/mol. The van der Waals surface area contributed by atoms with Crippen molar-refractivity contribution in [1.29, 1.82) is 0 Å². The van der Waals surface area contributed by atoms with Crippen LogP contribution in [0.4, 0.5) is 5.69 Å². The Kier molecular flexibility index (Phi) is 4.48. The maximum absolute atomic E-state index is 11.2. The second-order valence-electron chi connectivity index (χ2n) is 5.50. The van der Waals surface area contributed by atoms with Crippen molar-refractivity contribution in [3.05, 3.63) is 57.6 Å². The average molecular weight is 352 g/mol. The third kappa shape index (κ3) is 3.61. The number of rotatable bonds is 2. The van der Waals surface area contributed by atoms with E-state index in [2.05, 4.69) is 5.32 Å². The summed E-state index contributed by atoms with van der Waals surface area (Å²) in [5.41, 5.74) is 2.45. The fraction of sp³-hybridized carbons (Fsp3) is 0.235. The Labute approximate surface area is 144 Å². The van der Waals surface area contributed by atoms with Gasteiger partial charge in [-0.3, -0.25) is 4.79 Å². The standard InChI is InChI=1S/C17H15Cl2NO3/c1-9(21)20-13-2-3-14-15(8-17(22)23-16(14)7-13)10-4-11(18)6-12(19)5-10/h2-7,15,17,22H,8H2,1H3,(H,20,21). The van der Waals surface area contributed by atoms with Crippen LogP contribution in [0.25, 0.3) is 0 Å². The first kappa shape index (κ1) is 16.1. The molecule has 1 aliphatic heterocycles. The molecule has 0 aliphatic carbocycles.